The number of allylic oxidation sites excluding steroid dienone is 4. The maximum Gasteiger partial charge on any atom is 0.00785 e. The first-order valence-corrected chi connectivity index (χ1v) is 6.57. The van der Waals surface area contributed by atoms with Crippen molar-refractivity contribution in [3.63, 3.8) is 0 Å². The summed E-state index contributed by atoms with van der Waals surface area (Å²) in [4.78, 5) is 0. The molecule has 0 bridgehead atoms. The van der Waals surface area contributed by atoms with Crippen molar-refractivity contribution < 1.29 is 0 Å². The molecule has 1 unspecified atom stereocenters. The number of rotatable bonds is 0. The normalized spacial score (nSPS) is 22.6. The Hall–Kier alpha value is -1.30. The molecule has 88 valence electrons. The smallest absolute Gasteiger partial charge is 0.00785 e. The van der Waals surface area contributed by atoms with Crippen molar-refractivity contribution in [1.82, 2.24) is 0 Å². The molecule has 0 heterocycles. The molecule has 0 amide bonds. The van der Waals surface area contributed by atoms with Crippen molar-refractivity contribution in [2.45, 2.75) is 33.6 Å². The first-order chi connectivity index (χ1) is 8.07. The van der Waals surface area contributed by atoms with Crippen LogP contribution in [0.5, 0.6) is 0 Å². The molecule has 1 aromatic carbocycles. The molecule has 0 aromatic heterocycles. The molecule has 0 radical (unpaired) electrons. The second-order valence-electron chi connectivity index (χ2n) is 6.30. The van der Waals surface area contributed by atoms with Gasteiger partial charge in [0.2, 0.25) is 0 Å². The van der Waals surface area contributed by atoms with Gasteiger partial charge in [-0.25, -0.2) is 0 Å². The Labute approximate surface area is 104 Å². The summed E-state index contributed by atoms with van der Waals surface area (Å²) in [6.07, 6.45) is 7.19. The van der Waals surface area contributed by atoms with Crippen molar-refractivity contribution in [2.75, 3.05) is 0 Å². The van der Waals surface area contributed by atoms with E-state index < -0.39 is 0 Å². The second-order valence-corrected chi connectivity index (χ2v) is 6.30. The Balaban J connectivity index is 2.13. The third-order valence-electron chi connectivity index (χ3n) is 4.05. The lowest BCUT2D eigenvalue weighted by atomic mass is 9.72. The van der Waals surface area contributed by atoms with E-state index in [0.29, 0.717) is 11.3 Å². The molecule has 1 aromatic rings. The summed E-state index contributed by atoms with van der Waals surface area (Å²) >= 11 is 0. The summed E-state index contributed by atoms with van der Waals surface area (Å²) in [6, 6.07) is 8.93. The lowest BCUT2D eigenvalue weighted by Crippen LogP contribution is -2.20. The van der Waals surface area contributed by atoms with Gasteiger partial charge in [0.1, 0.15) is 0 Å². The summed E-state index contributed by atoms with van der Waals surface area (Å²) < 4.78 is 0. The molecule has 0 saturated carbocycles. The minimum absolute atomic E-state index is 0.317. The number of hydrogen-bond donors (Lipinski definition) is 0. The van der Waals surface area contributed by atoms with Crippen LogP contribution in [0.15, 0.2) is 42.0 Å². The Kier molecular flexibility index (Phi) is 2.29. The molecule has 0 N–H and O–H groups in total. The summed E-state index contributed by atoms with van der Waals surface area (Å²) in [6.45, 7) is 7.03. The molecule has 0 heteroatoms. The Morgan fingerprint density at radius 2 is 1.82 bits per heavy atom. The van der Waals surface area contributed by atoms with E-state index in [2.05, 4.69) is 57.2 Å². The minimum Gasteiger partial charge on any atom is -0.0762 e. The van der Waals surface area contributed by atoms with Crippen LogP contribution in [0.3, 0.4) is 0 Å². The highest BCUT2D eigenvalue weighted by Crippen LogP contribution is 2.47. The van der Waals surface area contributed by atoms with E-state index in [4.69, 9.17) is 0 Å². The maximum atomic E-state index is 2.41. The zero-order valence-electron chi connectivity index (χ0n) is 11.0. The van der Waals surface area contributed by atoms with Crippen molar-refractivity contribution in [1.29, 1.82) is 0 Å². The molecule has 0 nitrogen and oxygen atoms in total. The molecule has 2 aliphatic rings. The van der Waals surface area contributed by atoms with E-state index in [1.807, 2.05) is 0 Å². The van der Waals surface area contributed by atoms with Gasteiger partial charge in [-0.3, -0.25) is 0 Å². The first-order valence-electron chi connectivity index (χ1n) is 6.57. The molecule has 0 spiro atoms. The third-order valence-corrected chi connectivity index (χ3v) is 4.05. The standard InChI is InChI=1S/C17H20/c1-17(2,3)15-11-10-13-9-8-12-6-4-5-7-14(12)16(13)15/h4-7,10-11,15H,8-9H2,1-3H3. The van der Waals surface area contributed by atoms with Crippen LogP contribution in [0.2, 0.25) is 0 Å². The van der Waals surface area contributed by atoms with Gasteiger partial charge < -0.3 is 0 Å². The molecule has 17 heavy (non-hydrogen) atoms. The quantitative estimate of drug-likeness (QED) is 0.603. The fourth-order valence-corrected chi connectivity index (χ4v) is 3.15. The fraction of sp³-hybridized carbons (Fsp3) is 0.412. The highest BCUT2D eigenvalue weighted by Gasteiger charge is 2.33. The first kappa shape index (κ1) is 10.8. The SMILES string of the molecule is CC(C)(C)C1C=CC2=C1c1ccccc1CC2. The van der Waals surface area contributed by atoms with Gasteiger partial charge in [-0.1, -0.05) is 57.2 Å². The number of hydrogen-bond acceptors (Lipinski definition) is 0. The molecule has 1 atom stereocenters. The number of benzene rings is 1. The van der Waals surface area contributed by atoms with E-state index in [1.165, 1.54) is 24.0 Å². The van der Waals surface area contributed by atoms with Crippen molar-refractivity contribution >= 4 is 5.57 Å². The molecular weight excluding hydrogens is 204 g/mol. The predicted molar refractivity (Wildman–Crippen MR) is 73.8 cm³/mol. The molecule has 0 fully saturated rings. The fourth-order valence-electron chi connectivity index (χ4n) is 3.15. The Morgan fingerprint density at radius 3 is 2.59 bits per heavy atom. The zero-order chi connectivity index (χ0) is 12.0. The van der Waals surface area contributed by atoms with Crippen molar-refractivity contribution in [3.8, 4) is 0 Å². The molecule has 3 rings (SSSR count). The highest BCUT2D eigenvalue weighted by atomic mass is 14.4. The van der Waals surface area contributed by atoms with Crippen LogP contribution in [0.25, 0.3) is 5.57 Å². The molecule has 2 aliphatic carbocycles. The zero-order valence-corrected chi connectivity index (χ0v) is 11.0. The van der Waals surface area contributed by atoms with Gasteiger partial charge in [0, 0.05) is 5.92 Å². The van der Waals surface area contributed by atoms with E-state index >= 15 is 0 Å². The van der Waals surface area contributed by atoms with Gasteiger partial charge in [0.15, 0.2) is 0 Å². The van der Waals surface area contributed by atoms with Crippen LogP contribution < -0.4 is 0 Å². The van der Waals surface area contributed by atoms with Crippen LogP contribution in [0.1, 0.15) is 38.3 Å². The van der Waals surface area contributed by atoms with Gasteiger partial charge in [-0.05, 0) is 40.5 Å². The minimum atomic E-state index is 0.317. The van der Waals surface area contributed by atoms with Crippen LogP contribution in [0, 0.1) is 11.3 Å². The van der Waals surface area contributed by atoms with Gasteiger partial charge in [0.25, 0.3) is 0 Å². The summed E-state index contributed by atoms with van der Waals surface area (Å²) in [5.74, 6) is 0.582. The Bertz CT molecular complexity index is 509. The maximum absolute atomic E-state index is 2.41. The monoisotopic (exact) mass is 224 g/mol. The number of aryl methyl sites for hydroxylation is 1. The lowest BCUT2D eigenvalue weighted by Gasteiger charge is -2.31. The van der Waals surface area contributed by atoms with Gasteiger partial charge >= 0.3 is 0 Å². The van der Waals surface area contributed by atoms with Gasteiger partial charge in [-0.15, -0.1) is 0 Å². The number of fused-ring (bicyclic) bond motifs is 2. The van der Waals surface area contributed by atoms with Gasteiger partial charge in [0.05, 0.1) is 0 Å². The average molecular weight is 224 g/mol. The topological polar surface area (TPSA) is 0 Å². The van der Waals surface area contributed by atoms with Crippen LogP contribution >= 0.6 is 0 Å². The lowest BCUT2D eigenvalue weighted by molar-refractivity contribution is 0.354. The summed E-state index contributed by atoms with van der Waals surface area (Å²) in [5.41, 5.74) is 6.52. The van der Waals surface area contributed by atoms with E-state index in [1.54, 1.807) is 11.1 Å². The largest absolute Gasteiger partial charge is 0.0762 e. The second kappa shape index (κ2) is 3.60. The molecule has 0 saturated heterocycles. The third kappa shape index (κ3) is 1.67. The highest BCUT2D eigenvalue weighted by molar-refractivity contribution is 5.80. The van der Waals surface area contributed by atoms with Crippen LogP contribution in [-0.2, 0) is 6.42 Å². The molecule has 0 aliphatic heterocycles. The summed E-state index contributed by atoms with van der Waals surface area (Å²) in [5, 5.41) is 0. The van der Waals surface area contributed by atoms with Crippen molar-refractivity contribution in [3.05, 3.63) is 53.1 Å². The van der Waals surface area contributed by atoms with Crippen LogP contribution in [0.4, 0.5) is 0 Å². The van der Waals surface area contributed by atoms with Crippen molar-refractivity contribution in [2.24, 2.45) is 11.3 Å². The Morgan fingerprint density at radius 1 is 1.06 bits per heavy atom. The van der Waals surface area contributed by atoms with E-state index in [0.717, 1.165) is 0 Å². The van der Waals surface area contributed by atoms with Crippen LogP contribution in [-0.4, -0.2) is 0 Å². The van der Waals surface area contributed by atoms with E-state index in [-0.39, 0.29) is 0 Å². The van der Waals surface area contributed by atoms with Gasteiger partial charge in [-0.2, -0.15) is 0 Å². The summed E-state index contributed by atoms with van der Waals surface area (Å²) in [7, 11) is 0. The van der Waals surface area contributed by atoms with E-state index in [9.17, 15) is 0 Å². The average Bonchev–Trinajstić information content (AvgIpc) is 2.72. The predicted octanol–water partition coefficient (Wildman–Crippen LogP) is 4.62. The molecular formula is C17H20.